The second-order valence-electron chi connectivity index (χ2n) is 13.4. The van der Waals surface area contributed by atoms with Crippen LogP contribution in [0.3, 0.4) is 0 Å². The van der Waals surface area contributed by atoms with Crippen molar-refractivity contribution in [1.82, 2.24) is 24.5 Å². The quantitative estimate of drug-likeness (QED) is 0.180. The molecule has 0 amide bonds. The van der Waals surface area contributed by atoms with Crippen molar-refractivity contribution in [3.8, 4) is 51.1 Å². The maximum Gasteiger partial charge on any atom is 0.164 e. The van der Waals surface area contributed by atoms with Crippen molar-refractivity contribution in [2.45, 2.75) is 0 Å². The molecule has 0 N–H and O–H groups in total. The Hall–Kier alpha value is -7.44. The molecule has 6 nitrogen and oxygen atoms in total. The van der Waals surface area contributed by atoms with Gasteiger partial charge in [0.25, 0.3) is 0 Å². The highest BCUT2D eigenvalue weighted by atomic mass is 16.3. The lowest BCUT2D eigenvalue weighted by Crippen LogP contribution is -2.01. The van der Waals surface area contributed by atoms with Crippen molar-refractivity contribution in [2.75, 3.05) is 0 Å². The molecule has 0 saturated carbocycles. The molecule has 11 rings (SSSR count). The summed E-state index contributed by atoms with van der Waals surface area (Å²) in [6.45, 7) is 0. The molecule has 6 heteroatoms. The first-order valence-electron chi connectivity index (χ1n) is 18.0. The van der Waals surface area contributed by atoms with Gasteiger partial charge in [0.05, 0.1) is 22.2 Å². The normalized spacial score (nSPS) is 11.7. The van der Waals surface area contributed by atoms with Crippen LogP contribution in [0, 0.1) is 0 Å². The SMILES string of the molecule is c1ccc(-c2nc(-c3ccc(-n4c5ccccc5c5c(-c6ccccc6)nc6ccccc6c54)cc3)nc(-c3cccc4oc5ccccc5c34)n2)cc1. The van der Waals surface area contributed by atoms with Gasteiger partial charge >= 0.3 is 0 Å². The first kappa shape index (κ1) is 30.2. The van der Waals surface area contributed by atoms with Gasteiger partial charge in [-0.2, -0.15) is 0 Å². The van der Waals surface area contributed by atoms with Crippen LogP contribution in [0.1, 0.15) is 0 Å². The number of hydrogen-bond donors (Lipinski definition) is 0. The number of fused-ring (bicyclic) bond motifs is 8. The summed E-state index contributed by atoms with van der Waals surface area (Å²) in [5.41, 5.74) is 10.6. The number of aromatic nitrogens is 5. The predicted molar refractivity (Wildman–Crippen MR) is 218 cm³/mol. The summed E-state index contributed by atoms with van der Waals surface area (Å²) in [7, 11) is 0. The van der Waals surface area contributed by atoms with Crippen LogP contribution in [0.5, 0.6) is 0 Å². The van der Waals surface area contributed by atoms with Gasteiger partial charge in [-0.3, -0.25) is 0 Å². The number of benzene rings is 7. The minimum absolute atomic E-state index is 0.592. The van der Waals surface area contributed by atoms with E-state index < -0.39 is 0 Å². The van der Waals surface area contributed by atoms with Crippen LogP contribution in [0.2, 0.25) is 0 Å². The van der Waals surface area contributed by atoms with E-state index in [2.05, 4.69) is 114 Å². The van der Waals surface area contributed by atoms with Crippen molar-refractivity contribution >= 4 is 54.6 Å². The Labute approximate surface area is 309 Å². The lowest BCUT2D eigenvalue weighted by Gasteiger charge is -2.13. The molecule has 252 valence electrons. The molecule has 0 bridgehead atoms. The number of para-hydroxylation sites is 3. The Kier molecular flexibility index (Phi) is 6.75. The van der Waals surface area contributed by atoms with Crippen molar-refractivity contribution in [2.24, 2.45) is 0 Å². The summed E-state index contributed by atoms with van der Waals surface area (Å²) in [6, 6.07) is 60.3. The molecule has 0 saturated heterocycles. The van der Waals surface area contributed by atoms with Gasteiger partial charge in [0.15, 0.2) is 17.5 Å². The van der Waals surface area contributed by atoms with Crippen LogP contribution in [-0.4, -0.2) is 24.5 Å². The van der Waals surface area contributed by atoms with Crippen molar-refractivity contribution in [3.05, 3.63) is 176 Å². The molecular weight excluding hydrogens is 663 g/mol. The third kappa shape index (κ3) is 4.74. The molecule has 0 unspecified atom stereocenters. The highest BCUT2D eigenvalue weighted by Gasteiger charge is 2.21. The molecule has 4 heterocycles. The van der Waals surface area contributed by atoms with E-state index in [1.54, 1.807) is 0 Å². The number of nitrogens with zero attached hydrogens (tertiary/aromatic N) is 5. The smallest absolute Gasteiger partial charge is 0.164 e. The molecule has 0 atom stereocenters. The topological polar surface area (TPSA) is 69.6 Å². The third-order valence-corrected chi connectivity index (χ3v) is 10.2. The lowest BCUT2D eigenvalue weighted by molar-refractivity contribution is 0.669. The van der Waals surface area contributed by atoms with Crippen LogP contribution >= 0.6 is 0 Å². The zero-order valence-electron chi connectivity index (χ0n) is 28.9. The first-order chi connectivity index (χ1) is 26.8. The van der Waals surface area contributed by atoms with Gasteiger partial charge in [-0.05, 0) is 48.5 Å². The molecule has 0 aliphatic carbocycles. The second kappa shape index (κ2) is 12.1. The summed E-state index contributed by atoms with van der Waals surface area (Å²) >= 11 is 0. The van der Waals surface area contributed by atoms with Crippen LogP contribution in [-0.2, 0) is 0 Å². The number of rotatable bonds is 5. The summed E-state index contributed by atoms with van der Waals surface area (Å²) in [5, 5.41) is 5.41. The number of pyridine rings is 1. The molecule has 0 fully saturated rings. The van der Waals surface area contributed by atoms with E-state index in [9.17, 15) is 0 Å². The molecule has 0 aliphatic heterocycles. The Morgan fingerprint density at radius 2 is 0.981 bits per heavy atom. The average Bonchev–Trinajstić information content (AvgIpc) is 3.81. The van der Waals surface area contributed by atoms with Gasteiger partial charge in [0, 0.05) is 54.9 Å². The van der Waals surface area contributed by atoms with Crippen LogP contribution in [0.15, 0.2) is 180 Å². The Morgan fingerprint density at radius 1 is 0.389 bits per heavy atom. The van der Waals surface area contributed by atoms with Gasteiger partial charge in [-0.25, -0.2) is 19.9 Å². The first-order valence-corrected chi connectivity index (χ1v) is 18.0. The summed E-state index contributed by atoms with van der Waals surface area (Å²) in [5.74, 6) is 1.80. The summed E-state index contributed by atoms with van der Waals surface area (Å²) in [4.78, 5) is 20.5. The second-order valence-corrected chi connectivity index (χ2v) is 13.4. The Morgan fingerprint density at radius 3 is 1.76 bits per heavy atom. The van der Waals surface area contributed by atoms with E-state index >= 15 is 0 Å². The Bertz CT molecular complexity index is 3200. The van der Waals surface area contributed by atoms with E-state index in [1.807, 2.05) is 66.7 Å². The summed E-state index contributed by atoms with van der Waals surface area (Å²) in [6.07, 6.45) is 0. The van der Waals surface area contributed by atoms with Crippen molar-refractivity contribution < 1.29 is 4.42 Å². The number of hydrogen-bond acceptors (Lipinski definition) is 5. The van der Waals surface area contributed by atoms with Crippen molar-refractivity contribution in [1.29, 1.82) is 0 Å². The van der Waals surface area contributed by atoms with E-state index in [4.69, 9.17) is 24.4 Å². The average molecular weight is 692 g/mol. The van der Waals surface area contributed by atoms with Crippen LogP contribution in [0.4, 0.5) is 0 Å². The predicted octanol–water partition coefficient (Wildman–Crippen LogP) is 12.1. The highest BCUT2D eigenvalue weighted by Crippen LogP contribution is 2.41. The maximum absolute atomic E-state index is 6.24. The van der Waals surface area contributed by atoms with Crippen molar-refractivity contribution in [3.63, 3.8) is 0 Å². The zero-order chi connectivity index (χ0) is 35.6. The molecule has 4 aromatic heterocycles. The molecule has 54 heavy (non-hydrogen) atoms. The van der Waals surface area contributed by atoms with Gasteiger partial charge < -0.3 is 8.98 Å². The van der Waals surface area contributed by atoms with E-state index in [0.717, 1.165) is 88.3 Å². The molecule has 0 aliphatic rings. The number of furan rings is 1. The Balaban J connectivity index is 1.12. The monoisotopic (exact) mass is 691 g/mol. The molecule has 0 radical (unpaired) electrons. The fraction of sp³-hybridized carbons (Fsp3) is 0. The maximum atomic E-state index is 6.24. The van der Waals surface area contributed by atoms with E-state index in [1.165, 1.54) is 0 Å². The van der Waals surface area contributed by atoms with E-state index in [0.29, 0.717) is 17.5 Å². The van der Waals surface area contributed by atoms with Gasteiger partial charge in [0.1, 0.15) is 11.2 Å². The van der Waals surface area contributed by atoms with Gasteiger partial charge in [-0.15, -0.1) is 0 Å². The minimum atomic E-state index is 0.592. The van der Waals surface area contributed by atoms with Gasteiger partial charge in [-0.1, -0.05) is 127 Å². The zero-order valence-corrected chi connectivity index (χ0v) is 28.9. The minimum Gasteiger partial charge on any atom is -0.456 e. The van der Waals surface area contributed by atoms with Crippen LogP contribution < -0.4 is 0 Å². The standard InChI is InChI=1S/C48H29N5O/c1-3-14-30(15-4-1)44-43-35-19-8-11-23-39(35)53(45(43)34-18-7-10-22-38(34)49-44)33-28-26-32(27-29-33)47-50-46(31-16-5-2-6-17-31)51-48(52-47)37-21-13-25-41-42(37)36-20-9-12-24-40(36)54-41/h1-29H. The molecular formula is C48H29N5O. The summed E-state index contributed by atoms with van der Waals surface area (Å²) < 4.78 is 8.60. The fourth-order valence-corrected chi connectivity index (χ4v) is 7.82. The third-order valence-electron chi connectivity index (χ3n) is 10.2. The molecule has 7 aromatic carbocycles. The molecule has 0 spiro atoms. The fourth-order valence-electron chi connectivity index (χ4n) is 7.82. The van der Waals surface area contributed by atoms with E-state index in [-0.39, 0.29) is 0 Å². The van der Waals surface area contributed by atoms with Crippen LogP contribution in [0.25, 0.3) is 106 Å². The van der Waals surface area contributed by atoms with Gasteiger partial charge in [0.2, 0.25) is 0 Å². The largest absolute Gasteiger partial charge is 0.456 e. The lowest BCUT2D eigenvalue weighted by atomic mass is 10.0. The highest BCUT2D eigenvalue weighted by molar-refractivity contribution is 6.22. The molecule has 11 aromatic rings.